The molecule has 1 aromatic carbocycles. The lowest BCUT2D eigenvalue weighted by atomic mass is 9.72. The fourth-order valence-electron chi connectivity index (χ4n) is 2.90. The highest BCUT2D eigenvalue weighted by Gasteiger charge is 2.45. The van der Waals surface area contributed by atoms with Crippen molar-refractivity contribution in [2.75, 3.05) is 12.4 Å². The Bertz CT molecular complexity index is 924. The van der Waals surface area contributed by atoms with Crippen molar-refractivity contribution in [2.45, 2.75) is 32.9 Å². The van der Waals surface area contributed by atoms with Crippen LogP contribution in [-0.2, 0) is 9.59 Å². The molecule has 0 saturated carbocycles. The summed E-state index contributed by atoms with van der Waals surface area (Å²) in [5, 5.41) is 24.0. The molecule has 0 radical (unpaired) electrons. The Hall–Kier alpha value is -2.97. The third kappa shape index (κ3) is 4.13. The van der Waals surface area contributed by atoms with Gasteiger partial charge in [-0.25, -0.2) is 0 Å². The molecule has 28 heavy (non-hydrogen) atoms. The highest BCUT2D eigenvalue weighted by atomic mass is 32.2. The van der Waals surface area contributed by atoms with Gasteiger partial charge in [0.05, 0.1) is 40.8 Å². The van der Waals surface area contributed by atoms with Crippen LogP contribution in [0.4, 0.5) is 5.69 Å². The number of nitrogens with zero attached hydrogens (tertiary/aromatic N) is 2. The Labute approximate surface area is 168 Å². The summed E-state index contributed by atoms with van der Waals surface area (Å²) < 4.78 is 5.27. The quantitative estimate of drug-likeness (QED) is 0.787. The van der Waals surface area contributed by atoms with Crippen molar-refractivity contribution in [3.8, 4) is 17.9 Å². The van der Waals surface area contributed by atoms with Gasteiger partial charge >= 0.3 is 0 Å². The first-order chi connectivity index (χ1) is 13.1. The lowest BCUT2D eigenvalue weighted by Gasteiger charge is -2.35. The van der Waals surface area contributed by atoms with E-state index in [1.54, 1.807) is 32.9 Å². The van der Waals surface area contributed by atoms with Gasteiger partial charge in [0.1, 0.15) is 11.7 Å². The van der Waals surface area contributed by atoms with Crippen molar-refractivity contribution in [1.82, 2.24) is 5.32 Å². The zero-order valence-electron chi connectivity index (χ0n) is 16.4. The van der Waals surface area contributed by atoms with Gasteiger partial charge in [0, 0.05) is 5.41 Å². The summed E-state index contributed by atoms with van der Waals surface area (Å²) in [7, 11) is 1.52. The maximum atomic E-state index is 12.7. The number of thioether (sulfide) groups is 1. The number of amides is 2. The summed E-state index contributed by atoms with van der Waals surface area (Å²) >= 11 is 1.08. The summed E-state index contributed by atoms with van der Waals surface area (Å²) in [6.45, 7) is 6.95. The fourth-order valence-corrected chi connectivity index (χ4v) is 4.00. The number of anilines is 1. The number of hydrogen-bond donors (Lipinski definition) is 2. The molecule has 0 aliphatic carbocycles. The van der Waals surface area contributed by atoms with Crippen LogP contribution in [-0.4, -0.2) is 24.2 Å². The Morgan fingerprint density at radius 2 is 2.07 bits per heavy atom. The first kappa shape index (κ1) is 21.3. The van der Waals surface area contributed by atoms with E-state index in [-0.39, 0.29) is 11.5 Å². The molecule has 0 bridgehead atoms. The Morgan fingerprint density at radius 3 is 2.64 bits per heavy atom. The van der Waals surface area contributed by atoms with Crippen molar-refractivity contribution in [3.63, 3.8) is 0 Å². The van der Waals surface area contributed by atoms with Crippen LogP contribution < -0.4 is 15.4 Å². The summed E-state index contributed by atoms with van der Waals surface area (Å²) in [4.78, 5) is 24.9. The molecule has 0 fully saturated rings. The number of nitrogens with one attached hydrogen (secondary N) is 2. The van der Waals surface area contributed by atoms with Crippen molar-refractivity contribution in [1.29, 1.82) is 10.5 Å². The average molecular weight is 398 g/mol. The number of nitriles is 2. The third-order valence-corrected chi connectivity index (χ3v) is 5.72. The van der Waals surface area contributed by atoms with Gasteiger partial charge in [-0.15, -0.1) is 0 Å². The van der Waals surface area contributed by atoms with Gasteiger partial charge in [0.2, 0.25) is 11.8 Å². The van der Waals surface area contributed by atoms with E-state index in [1.165, 1.54) is 7.11 Å². The first-order valence-electron chi connectivity index (χ1n) is 8.63. The molecule has 1 aromatic rings. The van der Waals surface area contributed by atoms with E-state index in [9.17, 15) is 20.1 Å². The number of allylic oxidation sites excluding steroid dienone is 1. The van der Waals surface area contributed by atoms with Gasteiger partial charge < -0.3 is 15.4 Å². The lowest BCUT2D eigenvalue weighted by Crippen LogP contribution is -2.45. The minimum absolute atomic E-state index is 0.288. The molecule has 146 valence electrons. The number of benzene rings is 1. The van der Waals surface area contributed by atoms with Gasteiger partial charge in [-0.3, -0.25) is 9.59 Å². The number of methoxy groups -OCH3 is 1. The van der Waals surface area contributed by atoms with Crippen LogP contribution in [0.3, 0.4) is 0 Å². The first-order valence-corrected chi connectivity index (χ1v) is 9.51. The maximum Gasteiger partial charge on any atom is 0.243 e. The monoisotopic (exact) mass is 398 g/mol. The van der Waals surface area contributed by atoms with E-state index in [1.807, 2.05) is 19.1 Å². The molecule has 1 aliphatic rings. The van der Waals surface area contributed by atoms with Crippen molar-refractivity contribution >= 4 is 29.3 Å². The molecule has 7 nitrogen and oxygen atoms in total. The molecule has 2 amide bonds. The van der Waals surface area contributed by atoms with Crippen LogP contribution in [0, 0.1) is 40.9 Å². The Kier molecular flexibility index (Phi) is 6.37. The highest BCUT2D eigenvalue weighted by molar-refractivity contribution is 8.04. The largest absolute Gasteiger partial charge is 0.495 e. The Balaban J connectivity index is 2.25. The molecule has 2 N–H and O–H groups in total. The number of rotatable bonds is 5. The summed E-state index contributed by atoms with van der Waals surface area (Å²) in [6.07, 6.45) is 0. The van der Waals surface area contributed by atoms with E-state index in [0.717, 1.165) is 17.3 Å². The zero-order valence-corrected chi connectivity index (χ0v) is 17.2. The predicted molar refractivity (Wildman–Crippen MR) is 107 cm³/mol. The molecular formula is C20H22N4O3S. The predicted octanol–water partition coefficient (Wildman–Crippen LogP) is 3.09. The molecule has 0 unspecified atom stereocenters. The average Bonchev–Trinajstić information content (AvgIpc) is 2.61. The van der Waals surface area contributed by atoms with Gasteiger partial charge in [-0.05, 0) is 31.5 Å². The molecular weight excluding hydrogens is 376 g/mol. The standard InChI is InChI=1S/C20H22N4O3S/c1-11-6-7-16(27-5)15(8-11)23-17(25)12(2)28-19-14(10-22)20(3,4)13(9-21)18(26)24-19/h6-8,12-13H,1-5H3,(H,23,25)(H,24,26)/t12-,13+/m1/s1. The van der Waals surface area contributed by atoms with Crippen molar-refractivity contribution in [2.24, 2.45) is 11.3 Å². The maximum absolute atomic E-state index is 12.7. The number of carbonyl (C=O) groups is 2. The minimum atomic E-state index is -0.966. The fraction of sp³-hybridized carbons (Fsp3) is 0.400. The molecule has 2 atom stereocenters. The van der Waals surface area contributed by atoms with Crippen LogP contribution in [0.2, 0.25) is 0 Å². The van der Waals surface area contributed by atoms with Crippen LogP contribution in [0.25, 0.3) is 0 Å². The molecule has 0 spiro atoms. The number of aryl methyl sites for hydroxylation is 1. The topological polar surface area (TPSA) is 115 Å². The van der Waals surface area contributed by atoms with E-state index < -0.39 is 22.5 Å². The molecule has 1 heterocycles. The van der Waals surface area contributed by atoms with E-state index >= 15 is 0 Å². The lowest BCUT2D eigenvalue weighted by molar-refractivity contribution is -0.125. The Morgan fingerprint density at radius 1 is 1.39 bits per heavy atom. The van der Waals surface area contributed by atoms with Crippen molar-refractivity contribution in [3.05, 3.63) is 34.4 Å². The molecule has 1 aliphatic heterocycles. The van der Waals surface area contributed by atoms with E-state index in [4.69, 9.17) is 4.74 Å². The second-order valence-corrected chi connectivity index (χ2v) is 8.39. The van der Waals surface area contributed by atoms with E-state index in [2.05, 4.69) is 16.7 Å². The highest BCUT2D eigenvalue weighted by Crippen LogP contribution is 2.42. The summed E-state index contributed by atoms with van der Waals surface area (Å²) in [6, 6.07) is 9.49. The molecule has 8 heteroatoms. The number of ether oxygens (including phenoxy) is 1. The van der Waals surface area contributed by atoms with Gasteiger partial charge in [0.25, 0.3) is 0 Å². The SMILES string of the molecule is COc1ccc(C)cc1NC(=O)[C@@H](C)SC1=C(C#N)C(C)(C)[C@@H](C#N)C(=O)N1. The van der Waals surface area contributed by atoms with Gasteiger partial charge in [-0.2, -0.15) is 10.5 Å². The second kappa shape index (κ2) is 8.37. The smallest absolute Gasteiger partial charge is 0.243 e. The van der Waals surface area contributed by atoms with Gasteiger partial charge in [-0.1, -0.05) is 31.7 Å². The minimum Gasteiger partial charge on any atom is -0.495 e. The van der Waals surface area contributed by atoms with Crippen LogP contribution in [0.1, 0.15) is 26.3 Å². The van der Waals surface area contributed by atoms with E-state index in [0.29, 0.717) is 16.5 Å². The molecule has 2 rings (SSSR count). The summed E-state index contributed by atoms with van der Waals surface area (Å²) in [5.74, 6) is -1.20. The second-order valence-electron chi connectivity index (χ2n) is 7.04. The van der Waals surface area contributed by atoms with Crippen LogP contribution in [0.15, 0.2) is 28.8 Å². The van der Waals surface area contributed by atoms with Crippen LogP contribution in [0.5, 0.6) is 5.75 Å². The number of hydrogen-bond acceptors (Lipinski definition) is 6. The van der Waals surface area contributed by atoms with Crippen LogP contribution >= 0.6 is 11.8 Å². The molecule has 0 aromatic heterocycles. The number of carbonyl (C=O) groups excluding carboxylic acids is 2. The van der Waals surface area contributed by atoms with Gasteiger partial charge in [0.15, 0.2) is 0 Å². The van der Waals surface area contributed by atoms with Crippen molar-refractivity contribution < 1.29 is 14.3 Å². The third-order valence-electron chi connectivity index (χ3n) is 4.61. The zero-order chi connectivity index (χ0) is 21.1. The normalized spacial score (nSPS) is 19.1. The molecule has 0 saturated heterocycles. The summed E-state index contributed by atoms with van der Waals surface area (Å²) in [5.41, 5.74) is 0.863.